The first kappa shape index (κ1) is 25.0. The van der Waals surface area contributed by atoms with E-state index in [1.165, 1.54) is 6.20 Å². The van der Waals surface area contributed by atoms with E-state index >= 15 is 0 Å². The van der Waals surface area contributed by atoms with E-state index in [0.29, 0.717) is 30.2 Å². The van der Waals surface area contributed by atoms with Gasteiger partial charge in [0.05, 0.1) is 42.2 Å². The van der Waals surface area contributed by atoms with E-state index in [-0.39, 0.29) is 5.92 Å². The van der Waals surface area contributed by atoms with Crippen LogP contribution in [0.15, 0.2) is 55.1 Å². The summed E-state index contributed by atoms with van der Waals surface area (Å²) in [4.78, 5) is 20.4. The van der Waals surface area contributed by atoms with E-state index in [0.717, 1.165) is 60.9 Å². The minimum Gasteiger partial charge on any atom is -0.481 e. The third-order valence-electron chi connectivity index (χ3n) is 7.01. The number of nitrogens with zero attached hydrogens (tertiary/aromatic N) is 8. The van der Waals surface area contributed by atoms with Crippen molar-refractivity contribution in [2.45, 2.75) is 6.54 Å². The normalized spacial score (nSPS) is 16.4. The molecule has 0 spiro atoms. The third-order valence-corrected chi connectivity index (χ3v) is 7.01. The number of hydrogen-bond acceptors (Lipinski definition) is 10. The van der Waals surface area contributed by atoms with Crippen LogP contribution in [0.2, 0.25) is 0 Å². The number of ether oxygens (including phenoxy) is 1. The van der Waals surface area contributed by atoms with Crippen molar-refractivity contribution in [1.82, 2.24) is 19.9 Å². The molecule has 2 aliphatic rings. The molecule has 5 rings (SSSR count). The highest BCUT2D eigenvalue weighted by Gasteiger charge is 2.28. The Balaban J connectivity index is 1.28. The molecular weight excluding hydrogens is 478 g/mol. The molecule has 2 fully saturated rings. The van der Waals surface area contributed by atoms with Crippen molar-refractivity contribution < 1.29 is 4.74 Å². The minimum atomic E-state index is 0.0334. The number of piperazine rings is 1. The van der Waals surface area contributed by atoms with Crippen molar-refractivity contribution >= 4 is 17.1 Å². The highest BCUT2D eigenvalue weighted by molar-refractivity contribution is 5.86. The second-order valence-corrected chi connectivity index (χ2v) is 9.39. The lowest BCUT2D eigenvalue weighted by atomic mass is 9.98. The number of hydrogen-bond donors (Lipinski definition) is 1. The van der Waals surface area contributed by atoms with Gasteiger partial charge in [-0.05, 0) is 23.8 Å². The Morgan fingerprint density at radius 1 is 1.03 bits per heavy atom. The number of rotatable bonds is 7. The highest BCUT2D eigenvalue weighted by atomic mass is 16.5. The first-order chi connectivity index (χ1) is 18.6. The summed E-state index contributed by atoms with van der Waals surface area (Å²) in [5.74, 6) is 1.57. The zero-order valence-electron chi connectivity index (χ0n) is 21.3. The molecule has 0 aliphatic carbocycles. The van der Waals surface area contributed by atoms with E-state index in [1.807, 2.05) is 36.7 Å². The van der Waals surface area contributed by atoms with E-state index in [1.54, 1.807) is 13.3 Å². The van der Waals surface area contributed by atoms with Gasteiger partial charge in [0, 0.05) is 81.6 Å². The summed E-state index contributed by atoms with van der Waals surface area (Å²) >= 11 is 0. The molecule has 38 heavy (non-hydrogen) atoms. The Hall–Kier alpha value is -4.67. The van der Waals surface area contributed by atoms with Gasteiger partial charge in [-0.2, -0.15) is 10.5 Å². The van der Waals surface area contributed by atoms with E-state index in [4.69, 9.17) is 20.7 Å². The van der Waals surface area contributed by atoms with Crippen LogP contribution < -0.4 is 20.3 Å². The lowest BCUT2D eigenvalue weighted by Crippen LogP contribution is -2.46. The number of aromatic nitrogens is 3. The predicted octanol–water partition coefficient (Wildman–Crippen LogP) is 2.65. The zero-order valence-corrected chi connectivity index (χ0v) is 21.3. The minimum absolute atomic E-state index is 0.0334. The van der Waals surface area contributed by atoms with E-state index < -0.39 is 0 Å². The van der Waals surface area contributed by atoms with Crippen LogP contribution in [-0.4, -0.2) is 66.2 Å². The van der Waals surface area contributed by atoms with Crippen LogP contribution in [0.1, 0.15) is 11.3 Å². The molecule has 0 radical (unpaired) electrons. The first-order valence-corrected chi connectivity index (χ1v) is 12.5. The van der Waals surface area contributed by atoms with Gasteiger partial charge < -0.3 is 20.3 Å². The van der Waals surface area contributed by atoms with Crippen molar-refractivity contribution in [1.29, 1.82) is 10.5 Å². The molecule has 2 N–H and O–H groups in total. The van der Waals surface area contributed by atoms with Crippen molar-refractivity contribution in [2.24, 2.45) is 11.7 Å². The molecule has 0 saturated carbocycles. The number of pyridine rings is 3. The molecule has 5 heterocycles. The molecule has 10 nitrogen and oxygen atoms in total. The second kappa shape index (κ2) is 11.2. The topological polar surface area (TPSA) is 131 Å². The van der Waals surface area contributed by atoms with Crippen LogP contribution in [0, 0.1) is 28.6 Å². The molecule has 192 valence electrons. The van der Waals surface area contributed by atoms with Crippen LogP contribution in [0.25, 0.3) is 16.7 Å². The van der Waals surface area contributed by atoms with E-state index in [2.05, 4.69) is 42.9 Å². The maximum absolute atomic E-state index is 9.59. The number of allylic oxidation sites excluding steroid dienone is 1. The van der Waals surface area contributed by atoms with Gasteiger partial charge in [0.15, 0.2) is 0 Å². The molecule has 0 amide bonds. The van der Waals surface area contributed by atoms with Gasteiger partial charge in [-0.1, -0.05) is 6.07 Å². The predicted molar refractivity (Wildman–Crippen MR) is 145 cm³/mol. The van der Waals surface area contributed by atoms with Gasteiger partial charge >= 0.3 is 0 Å². The van der Waals surface area contributed by atoms with Crippen molar-refractivity contribution in [2.75, 3.05) is 56.2 Å². The molecule has 0 aromatic carbocycles. The molecule has 2 saturated heterocycles. The van der Waals surface area contributed by atoms with Crippen LogP contribution in [0.3, 0.4) is 0 Å². The van der Waals surface area contributed by atoms with Crippen molar-refractivity contribution in [3.05, 3.63) is 66.4 Å². The Morgan fingerprint density at radius 3 is 2.45 bits per heavy atom. The average molecular weight is 508 g/mol. The van der Waals surface area contributed by atoms with Gasteiger partial charge in [0.2, 0.25) is 5.88 Å². The van der Waals surface area contributed by atoms with Crippen molar-refractivity contribution in [3.8, 4) is 29.1 Å². The summed E-state index contributed by atoms with van der Waals surface area (Å²) in [5.41, 5.74) is 10.3. The summed E-state index contributed by atoms with van der Waals surface area (Å²) in [6, 6.07) is 14.4. The number of nitriles is 2. The van der Waals surface area contributed by atoms with Gasteiger partial charge in [-0.15, -0.1) is 0 Å². The molecule has 3 aromatic heterocycles. The summed E-state index contributed by atoms with van der Waals surface area (Å²) in [6.45, 7) is 5.81. The zero-order chi connectivity index (χ0) is 26.5. The molecule has 0 unspecified atom stereocenters. The number of anilines is 2. The Kier molecular flexibility index (Phi) is 7.34. The number of nitrogens with two attached hydrogens (primary N) is 1. The van der Waals surface area contributed by atoms with Crippen LogP contribution in [-0.2, 0) is 6.54 Å². The molecular formula is C28H29N9O. The fraction of sp³-hybridized carbons (Fsp3) is 0.321. The molecule has 2 aliphatic heterocycles. The number of methoxy groups -OCH3 is 1. The third kappa shape index (κ3) is 5.22. The van der Waals surface area contributed by atoms with Crippen LogP contribution in [0.4, 0.5) is 11.5 Å². The highest BCUT2D eigenvalue weighted by Crippen LogP contribution is 2.33. The largest absolute Gasteiger partial charge is 0.481 e. The Bertz CT molecular complexity index is 1380. The monoisotopic (exact) mass is 507 g/mol. The summed E-state index contributed by atoms with van der Waals surface area (Å²) < 4.78 is 5.14. The lowest BCUT2D eigenvalue weighted by Gasteiger charge is -2.37. The maximum Gasteiger partial charge on any atom is 0.212 e. The fourth-order valence-corrected chi connectivity index (χ4v) is 4.75. The standard InChI is InChI=1S/C28H29N9O/c1-38-27-5-2-20(14-33-27)17-35-6-8-36(9-7-35)26-4-3-22(15-32-26)25-10-24(37-18-21(11-29)19-37)16-34-28(25)23(12-30)13-31/h2-5,10,12,14-16,21H,6-9,17-19,30H2,1H3. The average Bonchev–Trinajstić information content (AvgIpc) is 2.95. The lowest BCUT2D eigenvalue weighted by molar-refractivity contribution is 0.249. The second-order valence-electron chi connectivity index (χ2n) is 9.39. The molecule has 10 heteroatoms. The first-order valence-electron chi connectivity index (χ1n) is 12.5. The maximum atomic E-state index is 9.59. The molecule has 3 aromatic rings. The smallest absolute Gasteiger partial charge is 0.212 e. The van der Waals surface area contributed by atoms with E-state index in [9.17, 15) is 5.26 Å². The summed E-state index contributed by atoms with van der Waals surface area (Å²) in [7, 11) is 1.62. The van der Waals surface area contributed by atoms with Gasteiger partial charge in [0.25, 0.3) is 0 Å². The van der Waals surface area contributed by atoms with Gasteiger partial charge in [-0.3, -0.25) is 9.88 Å². The van der Waals surface area contributed by atoms with Crippen molar-refractivity contribution in [3.63, 3.8) is 0 Å². The summed E-state index contributed by atoms with van der Waals surface area (Å²) in [5, 5.41) is 18.7. The summed E-state index contributed by atoms with van der Waals surface area (Å²) in [6.07, 6.45) is 6.71. The van der Waals surface area contributed by atoms with Crippen LogP contribution >= 0.6 is 0 Å². The van der Waals surface area contributed by atoms with Gasteiger partial charge in [0.1, 0.15) is 11.9 Å². The van der Waals surface area contributed by atoms with Gasteiger partial charge in [-0.25, -0.2) is 9.97 Å². The Labute approximate surface area is 222 Å². The Morgan fingerprint density at radius 2 is 1.84 bits per heavy atom. The SMILES string of the molecule is COc1ccc(CN2CCN(c3ccc(-c4cc(N5CC(C#N)C5)cnc4C(C#N)=CN)cn3)CC2)cn1. The fourth-order valence-electron chi connectivity index (χ4n) is 4.75. The quantitative estimate of drug-likeness (QED) is 0.476. The molecule has 0 atom stereocenters. The van der Waals surface area contributed by atoms with Crippen LogP contribution in [0.5, 0.6) is 5.88 Å². The molecule has 0 bridgehead atoms.